The first-order valence-electron chi connectivity index (χ1n) is 9.14. The number of aromatic nitrogens is 3. The zero-order valence-corrected chi connectivity index (χ0v) is 15.7. The van der Waals surface area contributed by atoms with Gasteiger partial charge in [0.15, 0.2) is 0 Å². The zero-order valence-electron chi connectivity index (χ0n) is 15.7. The van der Waals surface area contributed by atoms with Gasteiger partial charge in [-0.1, -0.05) is 35.5 Å². The van der Waals surface area contributed by atoms with Gasteiger partial charge < -0.3 is 14.9 Å². The van der Waals surface area contributed by atoms with E-state index >= 15 is 0 Å². The van der Waals surface area contributed by atoms with E-state index in [1.54, 1.807) is 18.1 Å². The largest absolute Gasteiger partial charge is 0.481 e. The molecule has 9 heteroatoms. The fraction of sp³-hybridized carbons (Fsp3) is 0.421. The van der Waals surface area contributed by atoms with Gasteiger partial charge in [0.05, 0.1) is 18.7 Å². The standard InChI is InChI=1S/C19H23N5O4/c1-22(12-18(26)23-9-7-15(8-10-23)19(27)28)17(25)13-24-11-16(20-21-24)14-5-3-2-4-6-14/h2-6,11,15H,7-10,12-13H2,1H3,(H,27,28). The van der Waals surface area contributed by atoms with Crippen LogP contribution in [0.5, 0.6) is 0 Å². The van der Waals surface area contributed by atoms with E-state index < -0.39 is 11.9 Å². The Morgan fingerprint density at radius 1 is 1.18 bits per heavy atom. The van der Waals surface area contributed by atoms with Crippen LogP contribution in [-0.4, -0.2) is 74.4 Å². The summed E-state index contributed by atoms with van der Waals surface area (Å²) in [6, 6.07) is 9.53. The van der Waals surface area contributed by atoms with Crippen molar-refractivity contribution in [3.8, 4) is 11.3 Å². The Hall–Kier alpha value is -3.23. The number of likely N-dealkylation sites (tertiary alicyclic amines) is 1. The molecule has 28 heavy (non-hydrogen) atoms. The third-order valence-electron chi connectivity index (χ3n) is 4.90. The van der Waals surface area contributed by atoms with E-state index in [0.717, 1.165) is 5.56 Å². The molecule has 2 amide bonds. The smallest absolute Gasteiger partial charge is 0.306 e. The third-order valence-corrected chi connectivity index (χ3v) is 4.90. The highest BCUT2D eigenvalue weighted by Crippen LogP contribution is 2.17. The summed E-state index contributed by atoms with van der Waals surface area (Å²) in [5, 5.41) is 17.1. The second kappa shape index (κ2) is 8.64. The summed E-state index contributed by atoms with van der Waals surface area (Å²) in [5.41, 5.74) is 1.59. The van der Waals surface area contributed by atoms with Gasteiger partial charge in [0.25, 0.3) is 0 Å². The number of likely N-dealkylation sites (N-methyl/N-ethyl adjacent to an activating group) is 1. The molecule has 0 aliphatic carbocycles. The van der Waals surface area contributed by atoms with Gasteiger partial charge in [0.2, 0.25) is 11.8 Å². The van der Waals surface area contributed by atoms with Crippen LogP contribution < -0.4 is 0 Å². The molecule has 148 valence electrons. The van der Waals surface area contributed by atoms with Crippen LogP contribution in [0.4, 0.5) is 0 Å². The van der Waals surface area contributed by atoms with Crippen molar-refractivity contribution in [3.63, 3.8) is 0 Å². The summed E-state index contributed by atoms with van der Waals surface area (Å²) in [7, 11) is 1.57. The summed E-state index contributed by atoms with van der Waals surface area (Å²) in [4.78, 5) is 38.8. The highest BCUT2D eigenvalue weighted by molar-refractivity contribution is 5.84. The zero-order chi connectivity index (χ0) is 20.1. The summed E-state index contributed by atoms with van der Waals surface area (Å²) in [6.07, 6.45) is 2.58. The average molecular weight is 385 g/mol. The number of carbonyl (C=O) groups is 3. The van der Waals surface area contributed by atoms with Crippen molar-refractivity contribution in [2.45, 2.75) is 19.4 Å². The molecule has 1 aliphatic heterocycles. The number of carboxylic acid groups (broad SMARTS) is 1. The van der Waals surface area contributed by atoms with Gasteiger partial charge in [-0.15, -0.1) is 5.10 Å². The van der Waals surface area contributed by atoms with Crippen LogP contribution in [0.1, 0.15) is 12.8 Å². The van der Waals surface area contributed by atoms with E-state index in [2.05, 4.69) is 10.3 Å². The molecule has 1 N–H and O–H groups in total. The number of carboxylic acids is 1. The number of aliphatic carboxylic acids is 1. The molecule has 0 unspecified atom stereocenters. The molecule has 0 spiro atoms. The maximum Gasteiger partial charge on any atom is 0.306 e. The van der Waals surface area contributed by atoms with E-state index in [9.17, 15) is 14.4 Å². The van der Waals surface area contributed by atoms with Crippen molar-refractivity contribution in [3.05, 3.63) is 36.5 Å². The highest BCUT2D eigenvalue weighted by atomic mass is 16.4. The van der Waals surface area contributed by atoms with E-state index in [1.165, 1.54) is 9.58 Å². The molecular weight excluding hydrogens is 362 g/mol. The maximum absolute atomic E-state index is 12.4. The van der Waals surface area contributed by atoms with Crippen LogP contribution in [0.25, 0.3) is 11.3 Å². The number of carbonyl (C=O) groups excluding carboxylic acids is 2. The second-order valence-corrected chi connectivity index (χ2v) is 6.91. The molecule has 1 aromatic heterocycles. The minimum Gasteiger partial charge on any atom is -0.481 e. The number of hydrogen-bond acceptors (Lipinski definition) is 5. The molecule has 0 saturated carbocycles. The molecule has 0 radical (unpaired) electrons. The van der Waals surface area contributed by atoms with Crippen molar-refractivity contribution in [2.75, 3.05) is 26.7 Å². The number of nitrogens with zero attached hydrogens (tertiary/aromatic N) is 5. The fourth-order valence-electron chi connectivity index (χ4n) is 3.14. The number of hydrogen-bond donors (Lipinski definition) is 1. The molecule has 9 nitrogen and oxygen atoms in total. The SMILES string of the molecule is CN(CC(=O)N1CCC(C(=O)O)CC1)C(=O)Cn1cc(-c2ccccc2)nn1. The minimum absolute atomic E-state index is 0.00922. The van der Waals surface area contributed by atoms with E-state index in [-0.39, 0.29) is 24.9 Å². The average Bonchev–Trinajstić information content (AvgIpc) is 3.17. The van der Waals surface area contributed by atoms with Crippen molar-refractivity contribution in [1.82, 2.24) is 24.8 Å². The summed E-state index contributed by atoms with van der Waals surface area (Å²) >= 11 is 0. The van der Waals surface area contributed by atoms with E-state index in [0.29, 0.717) is 31.6 Å². The van der Waals surface area contributed by atoms with Crippen molar-refractivity contribution in [2.24, 2.45) is 5.92 Å². The Morgan fingerprint density at radius 3 is 2.50 bits per heavy atom. The lowest BCUT2D eigenvalue weighted by Crippen LogP contribution is -2.46. The quantitative estimate of drug-likeness (QED) is 0.785. The molecule has 3 rings (SSSR count). The normalized spacial score (nSPS) is 14.7. The predicted octanol–water partition coefficient (Wildman–Crippen LogP) is 0.727. The van der Waals surface area contributed by atoms with Gasteiger partial charge in [-0.2, -0.15) is 0 Å². The Kier molecular flexibility index (Phi) is 6.03. The van der Waals surface area contributed by atoms with Crippen LogP contribution in [0.3, 0.4) is 0 Å². The predicted molar refractivity (Wildman–Crippen MR) is 100 cm³/mol. The lowest BCUT2D eigenvalue weighted by atomic mass is 9.97. The van der Waals surface area contributed by atoms with Gasteiger partial charge in [0.1, 0.15) is 12.2 Å². The summed E-state index contributed by atoms with van der Waals surface area (Å²) < 4.78 is 1.45. The van der Waals surface area contributed by atoms with Gasteiger partial charge in [-0.25, -0.2) is 4.68 Å². The Morgan fingerprint density at radius 2 is 1.86 bits per heavy atom. The highest BCUT2D eigenvalue weighted by Gasteiger charge is 2.27. The van der Waals surface area contributed by atoms with Gasteiger partial charge in [-0.05, 0) is 12.8 Å². The topological polar surface area (TPSA) is 109 Å². The van der Waals surface area contributed by atoms with Crippen LogP contribution in [0, 0.1) is 5.92 Å². The molecule has 1 aliphatic rings. The first-order valence-corrected chi connectivity index (χ1v) is 9.14. The fourth-order valence-corrected chi connectivity index (χ4v) is 3.14. The number of amides is 2. The Balaban J connectivity index is 1.50. The minimum atomic E-state index is -0.818. The number of benzene rings is 1. The number of piperidine rings is 1. The van der Waals surface area contributed by atoms with Crippen LogP contribution in [0.2, 0.25) is 0 Å². The maximum atomic E-state index is 12.4. The van der Waals surface area contributed by atoms with E-state index in [1.807, 2.05) is 30.3 Å². The van der Waals surface area contributed by atoms with Crippen molar-refractivity contribution < 1.29 is 19.5 Å². The lowest BCUT2D eigenvalue weighted by Gasteiger charge is -2.31. The van der Waals surface area contributed by atoms with Crippen molar-refractivity contribution >= 4 is 17.8 Å². The molecule has 0 atom stereocenters. The van der Waals surface area contributed by atoms with E-state index in [4.69, 9.17) is 5.11 Å². The molecule has 0 bridgehead atoms. The first kappa shape index (κ1) is 19.5. The lowest BCUT2D eigenvalue weighted by molar-refractivity contribution is -0.146. The summed E-state index contributed by atoms with van der Waals surface area (Å²) in [5.74, 6) is -1.64. The first-order chi connectivity index (χ1) is 13.4. The van der Waals surface area contributed by atoms with Crippen LogP contribution in [-0.2, 0) is 20.9 Å². The Labute approximate surface area is 162 Å². The molecule has 1 fully saturated rings. The molecule has 1 aromatic carbocycles. The number of rotatable bonds is 6. The molecule has 1 saturated heterocycles. The van der Waals surface area contributed by atoms with Gasteiger partial charge in [0, 0.05) is 25.7 Å². The monoisotopic (exact) mass is 385 g/mol. The van der Waals surface area contributed by atoms with Crippen LogP contribution in [0.15, 0.2) is 36.5 Å². The second-order valence-electron chi connectivity index (χ2n) is 6.91. The molecule has 2 heterocycles. The third kappa shape index (κ3) is 4.73. The van der Waals surface area contributed by atoms with Crippen LogP contribution >= 0.6 is 0 Å². The van der Waals surface area contributed by atoms with Crippen molar-refractivity contribution in [1.29, 1.82) is 0 Å². The summed E-state index contributed by atoms with van der Waals surface area (Å²) in [6.45, 7) is 0.754. The van der Waals surface area contributed by atoms with Gasteiger partial charge >= 0.3 is 5.97 Å². The van der Waals surface area contributed by atoms with Gasteiger partial charge in [-0.3, -0.25) is 14.4 Å². The molecule has 2 aromatic rings. The molecular formula is C19H23N5O4. The Bertz CT molecular complexity index is 843.